The minimum absolute atomic E-state index is 0.0581. The lowest BCUT2D eigenvalue weighted by molar-refractivity contribution is 0.195. The number of rotatable bonds is 2. The quantitative estimate of drug-likeness (QED) is 0.885. The molecule has 0 spiro atoms. The summed E-state index contributed by atoms with van der Waals surface area (Å²) in [6, 6.07) is 6.61. The first-order chi connectivity index (χ1) is 9.11. The van der Waals surface area contributed by atoms with Crippen LogP contribution in [0.4, 0.5) is 10.5 Å². The van der Waals surface area contributed by atoms with Crippen LogP contribution in [0.1, 0.15) is 18.1 Å². The van der Waals surface area contributed by atoms with Gasteiger partial charge in [0.05, 0.1) is 0 Å². The lowest BCUT2D eigenvalue weighted by Gasteiger charge is -2.36. The third-order valence-corrected chi connectivity index (χ3v) is 3.59. The first kappa shape index (κ1) is 13.7. The summed E-state index contributed by atoms with van der Waals surface area (Å²) in [6.07, 6.45) is 0. The van der Waals surface area contributed by atoms with Gasteiger partial charge in [0.1, 0.15) is 0 Å². The minimum Gasteiger partial charge on any atom is -0.368 e. The Kier molecular flexibility index (Phi) is 4.30. The highest BCUT2D eigenvalue weighted by molar-refractivity contribution is 5.74. The average molecular weight is 261 g/mol. The standard InChI is InChI=1S/C15H23N3O/c1-4-16-15(19)18-9-7-17(8-10-18)14-6-5-12(2)11-13(14)3/h5-6,11H,4,7-10H2,1-3H3,(H,16,19). The van der Waals surface area contributed by atoms with Crippen LogP contribution in [0.3, 0.4) is 0 Å². The van der Waals surface area contributed by atoms with Crippen LogP contribution in [-0.4, -0.2) is 43.7 Å². The Hall–Kier alpha value is -1.71. The molecule has 1 heterocycles. The number of hydrogen-bond donors (Lipinski definition) is 1. The predicted molar refractivity (Wildman–Crippen MR) is 78.8 cm³/mol. The molecule has 0 bridgehead atoms. The van der Waals surface area contributed by atoms with Crippen molar-refractivity contribution in [3.63, 3.8) is 0 Å². The van der Waals surface area contributed by atoms with Crippen LogP contribution in [0.5, 0.6) is 0 Å². The molecule has 1 N–H and O–H groups in total. The molecule has 0 aliphatic carbocycles. The van der Waals surface area contributed by atoms with E-state index in [0.717, 1.165) is 26.2 Å². The van der Waals surface area contributed by atoms with Crippen molar-refractivity contribution in [2.75, 3.05) is 37.6 Å². The van der Waals surface area contributed by atoms with E-state index in [4.69, 9.17) is 0 Å². The first-order valence-electron chi connectivity index (χ1n) is 6.96. The Balaban J connectivity index is 1.98. The van der Waals surface area contributed by atoms with Crippen LogP contribution in [0.25, 0.3) is 0 Å². The molecule has 2 amide bonds. The smallest absolute Gasteiger partial charge is 0.317 e. The van der Waals surface area contributed by atoms with Gasteiger partial charge in [0, 0.05) is 38.4 Å². The molecule has 1 saturated heterocycles. The van der Waals surface area contributed by atoms with Crippen LogP contribution < -0.4 is 10.2 Å². The van der Waals surface area contributed by atoms with Crippen LogP contribution in [0.2, 0.25) is 0 Å². The fourth-order valence-corrected chi connectivity index (χ4v) is 2.57. The summed E-state index contributed by atoms with van der Waals surface area (Å²) in [6.45, 7) is 10.3. The van der Waals surface area contributed by atoms with Crippen molar-refractivity contribution in [1.29, 1.82) is 0 Å². The van der Waals surface area contributed by atoms with Crippen molar-refractivity contribution in [2.24, 2.45) is 0 Å². The second-order valence-corrected chi connectivity index (χ2v) is 5.10. The highest BCUT2D eigenvalue weighted by Gasteiger charge is 2.21. The summed E-state index contributed by atoms with van der Waals surface area (Å²) in [7, 11) is 0. The predicted octanol–water partition coefficient (Wildman–Crippen LogP) is 2.15. The number of anilines is 1. The molecule has 1 aromatic rings. The number of benzene rings is 1. The largest absolute Gasteiger partial charge is 0.368 e. The van der Waals surface area contributed by atoms with Crippen LogP contribution in [0.15, 0.2) is 18.2 Å². The molecule has 0 unspecified atom stereocenters. The minimum atomic E-state index is 0.0581. The molecule has 1 fully saturated rings. The van der Waals surface area contributed by atoms with Crippen molar-refractivity contribution >= 4 is 11.7 Å². The lowest BCUT2D eigenvalue weighted by atomic mass is 10.1. The maximum Gasteiger partial charge on any atom is 0.317 e. The van der Waals surface area contributed by atoms with Gasteiger partial charge >= 0.3 is 6.03 Å². The Morgan fingerprint density at radius 1 is 1.21 bits per heavy atom. The Bertz CT molecular complexity index is 451. The fourth-order valence-electron chi connectivity index (χ4n) is 2.57. The number of hydrogen-bond acceptors (Lipinski definition) is 2. The van der Waals surface area contributed by atoms with Crippen molar-refractivity contribution in [2.45, 2.75) is 20.8 Å². The summed E-state index contributed by atoms with van der Waals surface area (Å²) in [5.74, 6) is 0. The highest BCUT2D eigenvalue weighted by atomic mass is 16.2. The number of carbonyl (C=O) groups is 1. The Labute approximate surface area is 115 Å². The number of nitrogens with zero attached hydrogens (tertiary/aromatic N) is 2. The molecule has 0 aromatic heterocycles. The van der Waals surface area contributed by atoms with E-state index >= 15 is 0 Å². The SMILES string of the molecule is CCNC(=O)N1CCN(c2ccc(C)cc2C)CC1. The second kappa shape index (κ2) is 5.95. The highest BCUT2D eigenvalue weighted by Crippen LogP contribution is 2.22. The van der Waals surface area contributed by atoms with Gasteiger partial charge in [0.25, 0.3) is 0 Å². The third kappa shape index (κ3) is 3.19. The molecule has 0 atom stereocenters. The zero-order valence-corrected chi connectivity index (χ0v) is 12.1. The number of carbonyl (C=O) groups excluding carboxylic acids is 1. The molecule has 19 heavy (non-hydrogen) atoms. The van der Waals surface area contributed by atoms with Gasteiger partial charge in [0.15, 0.2) is 0 Å². The van der Waals surface area contributed by atoms with Gasteiger partial charge in [-0.05, 0) is 32.4 Å². The van der Waals surface area contributed by atoms with Crippen LogP contribution in [-0.2, 0) is 0 Å². The molecule has 0 radical (unpaired) electrons. The topological polar surface area (TPSA) is 35.6 Å². The zero-order chi connectivity index (χ0) is 13.8. The van der Waals surface area contributed by atoms with Crippen molar-refractivity contribution < 1.29 is 4.79 Å². The van der Waals surface area contributed by atoms with E-state index in [-0.39, 0.29) is 6.03 Å². The fraction of sp³-hybridized carbons (Fsp3) is 0.533. The second-order valence-electron chi connectivity index (χ2n) is 5.10. The average Bonchev–Trinajstić information content (AvgIpc) is 2.39. The summed E-state index contributed by atoms with van der Waals surface area (Å²) >= 11 is 0. The van der Waals surface area contributed by atoms with Gasteiger partial charge in [-0.25, -0.2) is 4.79 Å². The van der Waals surface area contributed by atoms with E-state index in [0.29, 0.717) is 6.54 Å². The molecular weight excluding hydrogens is 238 g/mol. The summed E-state index contributed by atoms with van der Waals surface area (Å²) < 4.78 is 0. The van der Waals surface area contributed by atoms with Gasteiger partial charge in [0.2, 0.25) is 0 Å². The molecule has 2 rings (SSSR count). The van der Waals surface area contributed by atoms with E-state index in [1.165, 1.54) is 16.8 Å². The van der Waals surface area contributed by atoms with E-state index in [2.05, 4.69) is 42.3 Å². The van der Waals surface area contributed by atoms with Gasteiger partial charge in [-0.15, -0.1) is 0 Å². The van der Waals surface area contributed by atoms with Gasteiger partial charge in [-0.2, -0.15) is 0 Å². The molecule has 1 aliphatic heterocycles. The first-order valence-corrected chi connectivity index (χ1v) is 6.96. The molecule has 4 heteroatoms. The Morgan fingerprint density at radius 2 is 1.89 bits per heavy atom. The monoisotopic (exact) mass is 261 g/mol. The Morgan fingerprint density at radius 3 is 2.47 bits per heavy atom. The van der Waals surface area contributed by atoms with Gasteiger partial charge in [-0.1, -0.05) is 17.7 Å². The zero-order valence-electron chi connectivity index (χ0n) is 12.1. The number of amides is 2. The molecule has 1 aliphatic rings. The molecule has 0 saturated carbocycles. The van der Waals surface area contributed by atoms with Crippen LogP contribution >= 0.6 is 0 Å². The van der Waals surface area contributed by atoms with E-state index < -0.39 is 0 Å². The molecule has 104 valence electrons. The van der Waals surface area contributed by atoms with E-state index in [1.54, 1.807) is 0 Å². The maximum atomic E-state index is 11.7. The number of piperazine rings is 1. The number of urea groups is 1. The van der Waals surface area contributed by atoms with Gasteiger partial charge in [-0.3, -0.25) is 0 Å². The number of aryl methyl sites for hydroxylation is 2. The maximum absolute atomic E-state index is 11.7. The van der Waals surface area contributed by atoms with Gasteiger partial charge < -0.3 is 15.1 Å². The summed E-state index contributed by atoms with van der Waals surface area (Å²) in [4.78, 5) is 16.0. The normalized spacial score (nSPS) is 15.5. The van der Waals surface area contributed by atoms with Crippen molar-refractivity contribution in [3.8, 4) is 0 Å². The molecule has 4 nitrogen and oxygen atoms in total. The molecule has 1 aromatic carbocycles. The summed E-state index contributed by atoms with van der Waals surface area (Å²) in [5.41, 5.74) is 3.90. The van der Waals surface area contributed by atoms with Crippen LogP contribution in [0, 0.1) is 13.8 Å². The van der Waals surface area contributed by atoms with Crippen molar-refractivity contribution in [1.82, 2.24) is 10.2 Å². The van der Waals surface area contributed by atoms with E-state index in [1.807, 2.05) is 11.8 Å². The number of nitrogens with one attached hydrogen (secondary N) is 1. The van der Waals surface area contributed by atoms with E-state index in [9.17, 15) is 4.79 Å². The third-order valence-electron chi connectivity index (χ3n) is 3.59. The molecular formula is C15H23N3O. The summed E-state index contributed by atoms with van der Waals surface area (Å²) in [5, 5.41) is 2.86. The van der Waals surface area contributed by atoms with Crippen molar-refractivity contribution in [3.05, 3.63) is 29.3 Å². The lowest BCUT2D eigenvalue weighted by Crippen LogP contribution is -2.52.